The Morgan fingerprint density at radius 3 is 2.51 bits per heavy atom. The van der Waals surface area contributed by atoms with Crippen LogP contribution < -0.4 is 5.32 Å². The summed E-state index contributed by atoms with van der Waals surface area (Å²) in [7, 11) is 0. The van der Waals surface area contributed by atoms with E-state index in [0.717, 1.165) is 31.5 Å². The highest BCUT2D eigenvalue weighted by atomic mass is 19.4. The summed E-state index contributed by atoms with van der Waals surface area (Å²) >= 11 is 0. The SMILES string of the molecule is CCN(C(=O)COC(=O)C(F)(F)F)C1CCN(C(=O)CCC(=O)c2ccc3c(c2)CCNCC3)C1. The molecule has 192 valence electrons. The van der Waals surface area contributed by atoms with Crippen molar-refractivity contribution < 1.29 is 37.1 Å². The third-order valence-corrected chi connectivity index (χ3v) is 6.41. The number of fused-ring (bicyclic) bond motifs is 1. The lowest BCUT2D eigenvalue weighted by molar-refractivity contribution is -0.200. The molecule has 0 aromatic heterocycles. The van der Waals surface area contributed by atoms with Crippen LogP contribution in [-0.2, 0) is 32.0 Å². The van der Waals surface area contributed by atoms with Gasteiger partial charge < -0.3 is 19.9 Å². The maximum Gasteiger partial charge on any atom is 0.490 e. The van der Waals surface area contributed by atoms with E-state index in [1.54, 1.807) is 17.9 Å². The first-order chi connectivity index (χ1) is 16.6. The molecule has 0 radical (unpaired) electrons. The smallest absolute Gasteiger partial charge is 0.449 e. The third-order valence-electron chi connectivity index (χ3n) is 6.41. The second-order valence-electron chi connectivity index (χ2n) is 8.69. The van der Waals surface area contributed by atoms with Gasteiger partial charge in [0.15, 0.2) is 12.4 Å². The van der Waals surface area contributed by atoms with Crippen LogP contribution in [0.3, 0.4) is 0 Å². The molecule has 1 N–H and O–H groups in total. The summed E-state index contributed by atoms with van der Waals surface area (Å²) in [5, 5.41) is 3.33. The molecule has 2 aliphatic heterocycles. The number of amides is 2. The van der Waals surface area contributed by atoms with Crippen LogP contribution in [0, 0.1) is 0 Å². The number of Topliss-reactive ketones (excluding diaryl/α,β-unsaturated/α-hetero) is 1. The number of hydrogen-bond acceptors (Lipinski definition) is 6. The molecule has 1 fully saturated rings. The van der Waals surface area contributed by atoms with Crippen molar-refractivity contribution in [2.24, 2.45) is 0 Å². The highest BCUT2D eigenvalue weighted by Gasteiger charge is 2.41. The minimum atomic E-state index is -5.17. The zero-order chi connectivity index (χ0) is 25.6. The number of ketones is 1. The number of likely N-dealkylation sites (tertiary alicyclic amines) is 1. The zero-order valence-electron chi connectivity index (χ0n) is 19.7. The molecule has 2 heterocycles. The monoisotopic (exact) mass is 497 g/mol. The fourth-order valence-electron chi connectivity index (χ4n) is 4.52. The Hall–Kier alpha value is -2.95. The van der Waals surface area contributed by atoms with E-state index in [1.807, 2.05) is 12.1 Å². The second-order valence-corrected chi connectivity index (χ2v) is 8.69. The Kier molecular flexibility index (Phi) is 8.87. The Morgan fingerprint density at radius 2 is 1.83 bits per heavy atom. The van der Waals surface area contributed by atoms with Crippen molar-refractivity contribution in [1.29, 1.82) is 0 Å². The average molecular weight is 498 g/mol. The summed E-state index contributed by atoms with van der Waals surface area (Å²) in [6.45, 7) is 3.20. The molecule has 1 aromatic carbocycles. The molecule has 1 unspecified atom stereocenters. The van der Waals surface area contributed by atoms with E-state index in [9.17, 15) is 32.3 Å². The first-order valence-corrected chi connectivity index (χ1v) is 11.8. The first kappa shape index (κ1) is 26.7. The molecule has 3 rings (SSSR count). The molecule has 1 saturated heterocycles. The van der Waals surface area contributed by atoms with E-state index >= 15 is 0 Å². The van der Waals surface area contributed by atoms with Gasteiger partial charge in [-0.05, 0) is 56.5 Å². The van der Waals surface area contributed by atoms with Crippen LogP contribution in [0.2, 0.25) is 0 Å². The van der Waals surface area contributed by atoms with Gasteiger partial charge in [-0.25, -0.2) is 4.79 Å². The molecular weight excluding hydrogens is 467 g/mol. The van der Waals surface area contributed by atoms with Crippen molar-refractivity contribution in [2.45, 2.75) is 51.2 Å². The minimum Gasteiger partial charge on any atom is -0.449 e. The number of esters is 1. The summed E-state index contributed by atoms with van der Waals surface area (Å²) in [5.74, 6) is -3.49. The van der Waals surface area contributed by atoms with Crippen LogP contribution in [-0.4, -0.2) is 84.9 Å². The molecule has 0 bridgehead atoms. The molecule has 2 aliphatic rings. The highest BCUT2D eigenvalue weighted by molar-refractivity contribution is 5.98. The predicted molar refractivity (Wildman–Crippen MR) is 120 cm³/mol. The summed E-state index contributed by atoms with van der Waals surface area (Å²) in [5.41, 5.74) is 2.97. The van der Waals surface area contributed by atoms with Gasteiger partial charge in [0.05, 0.1) is 6.04 Å². The summed E-state index contributed by atoms with van der Waals surface area (Å²) in [6.07, 6.45) is -2.84. The van der Waals surface area contributed by atoms with Crippen LogP contribution in [0.5, 0.6) is 0 Å². The van der Waals surface area contributed by atoms with Crippen LogP contribution >= 0.6 is 0 Å². The molecule has 0 aliphatic carbocycles. The number of alkyl halides is 3. The van der Waals surface area contributed by atoms with Crippen LogP contribution in [0.15, 0.2) is 18.2 Å². The fourth-order valence-corrected chi connectivity index (χ4v) is 4.52. The average Bonchev–Trinajstić information content (AvgIpc) is 3.18. The number of carbonyl (C=O) groups is 4. The van der Waals surface area contributed by atoms with E-state index in [2.05, 4.69) is 10.1 Å². The molecule has 1 aromatic rings. The van der Waals surface area contributed by atoms with Crippen molar-refractivity contribution in [1.82, 2.24) is 15.1 Å². The quantitative estimate of drug-likeness (QED) is 0.436. The Labute approximate surface area is 201 Å². The Bertz CT molecular complexity index is 966. The molecule has 0 saturated carbocycles. The first-order valence-electron chi connectivity index (χ1n) is 11.8. The van der Waals surface area contributed by atoms with Crippen molar-refractivity contribution in [3.8, 4) is 0 Å². The van der Waals surface area contributed by atoms with E-state index in [-0.39, 0.29) is 37.6 Å². The highest BCUT2D eigenvalue weighted by Crippen LogP contribution is 2.21. The van der Waals surface area contributed by atoms with Gasteiger partial charge in [-0.1, -0.05) is 12.1 Å². The van der Waals surface area contributed by atoms with Gasteiger partial charge in [0.2, 0.25) is 5.91 Å². The van der Waals surface area contributed by atoms with Gasteiger partial charge >= 0.3 is 12.1 Å². The Balaban J connectivity index is 1.49. The number of hydrogen-bond donors (Lipinski definition) is 1. The number of nitrogens with one attached hydrogen (secondary N) is 1. The third kappa shape index (κ3) is 7.03. The molecular formula is C24H30F3N3O5. The molecule has 0 spiro atoms. The van der Waals surface area contributed by atoms with Crippen molar-refractivity contribution in [3.63, 3.8) is 0 Å². The number of nitrogens with zero attached hydrogens (tertiary/aromatic N) is 2. The number of ether oxygens (including phenoxy) is 1. The number of likely N-dealkylation sites (N-methyl/N-ethyl adjacent to an activating group) is 1. The van der Waals surface area contributed by atoms with Crippen LogP contribution in [0.1, 0.15) is 47.7 Å². The van der Waals surface area contributed by atoms with E-state index in [4.69, 9.17) is 0 Å². The molecule has 11 heteroatoms. The van der Waals surface area contributed by atoms with Crippen LogP contribution in [0.25, 0.3) is 0 Å². The zero-order valence-corrected chi connectivity index (χ0v) is 19.7. The minimum absolute atomic E-state index is 0.0352. The number of halogens is 3. The van der Waals surface area contributed by atoms with E-state index in [0.29, 0.717) is 18.5 Å². The van der Waals surface area contributed by atoms with Crippen molar-refractivity contribution in [3.05, 3.63) is 34.9 Å². The molecule has 1 atom stereocenters. The number of carbonyl (C=O) groups excluding carboxylic acids is 4. The maximum absolute atomic E-state index is 12.7. The summed E-state index contributed by atoms with van der Waals surface area (Å²) in [4.78, 5) is 51.4. The predicted octanol–water partition coefficient (Wildman–Crippen LogP) is 1.89. The van der Waals surface area contributed by atoms with Gasteiger partial charge in [-0.3, -0.25) is 14.4 Å². The topological polar surface area (TPSA) is 96.0 Å². The number of rotatable bonds is 8. The van der Waals surface area contributed by atoms with Gasteiger partial charge in [0.1, 0.15) is 0 Å². The van der Waals surface area contributed by atoms with Gasteiger partial charge in [0, 0.05) is 38.0 Å². The Morgan fingerprint density at radius 1 is 1.11 bits per heavy atom. The van der Waals surface area contributed by atoms with Gasteiger partial charge in [0.25, 0.3) is 5.91 Å². The largest absolute Gasteiger partial charge is 0.490 e. The lowest BCUT2D eigenvalue weighted by Crippen LogP contribution is -2.45. The normalized spacial score (nSPS) is 17.9. The van der Waals surface area contributed by atoms with Crippen molar-refractivity contribution >= 4 is 23.6 Å². The molecule has 35 heavy (non-hydrogen) atoms. The lowest BCUT2D eigenvalue weighted by atomic mass is 9.97. The van der Waals surface area contributed by atoms with Gasteiger partial charge in [-0.2, -0.15) is 13.2 Å². The van der Waals surface area contributed by atoms with Crippen molar-refractivity contribution in [2.75, 3.05) is 39.3 Å². The molecule has 2 amide bonds. The van der Waals surface area contributed by atoms with Gasteiger partial charge in [-0.15, -0.1) is 0 Å². The van der Waals surface area contributed by atoms with Crippen LogP contribution in [0.4, 0.5) is 13.2 Å². The summed E-state index contributed by atoms with van der Waals surface area (Å²) in [6, 6.07) is 5.30. The van der Waals surface area contributed by atoms with E-state index < -0.39 is 30.7 Å². The lowest BCUT2D eigenvalue weighted by Gasteiger charge is -2.27. The maximum atomic E-state index is 12.7. The fraction of sp³-hybridized carbons (Fsp3) is 0.583. The summed E-state index contributed by atoms with van der Waals surface area (Å²) < 4.78 is 40.9. The standard InChI is InChI=1S/C24H30F3N3O5/c1-2-30(22(33)15-35-23(34)24(25,26)27)19-9-12-29(14-19)21(32)6-5-20(31)18-4-3-16-7-10-28-11-8-17(16)13-18/h3-4,13,19,28H,2,5-12,14-15H2,1H3. The number of benzene rings is 1. The van der Waals surface area contributed by atoms with E-state index in [1.165, 1.54) is 10.5 Å². The molecule has 8 nitrogen and oxygen atoms in total. The second kappa shape index (κ2) is 11.7.